The number of amides is 1. The molecule has 0 aromatic heterocycles. The van der Waals surface area contributed by atoms with Crippen molar-refractivity contribution >= 4 is 23.0 Å². The quantitative estimate of drug-likeness (QED) is 0.801. The molecule has 0 bridgehead atoms. The Morgan fingerprint density at radius 3 is 2.52 bits per heavy atom. The lowest BCUT2D eigenvalue weighted by Gasteiger charge is -2.22. The summed E-state index contributed by atoms with van der Waals surface area (Å²) in [5.74, 6) is -0.0380. The zero-order valence-electron chi connectivity index (χ0n) is 14.2. The second-order valence-corrected chi connectivity index (χ2v) is 6.05. The van der Waals surface area contributed by atoms with Crippen molar-refractivity contribution in [1.82, 2.24) is 0 Å². The van der Waals surface area contributed by atoms with Crippen LogP contribution in [0, 0.1) is 0 Å². The van der Waals surface area contributed by atoms with Gasteiger partial charge in [-0.2, -0.15) is 0 Å². The van der Waals surface area contributed by atoms with E-state index in [9.17, 15) is 4.79 Å². The van der Waals surface area contributed by atoms with Gasteiger partial charge in [-0.1, -0.05) is 24.3 Å². The van der Waals surface area contributed by atoms with E-state index in [2.05, 4.69) is 10.6 Å². The molecule has 0 unspecified atom stereocenters. The molecule has 25 heavy (non-hydrogen) atoms. The van der Waals surface area contributed by atoms with Gasteiger partial charge in [0.25, 0.3) is 0 Å². The third-order valence-corrected chi connectivity index (χ3v) is 4.06. The third kappa shape index (κ3) is 5.89. The summed E-state index contributed by atoms with van der Waals surface area (Å²) in [6.07, 6.45) is 2.40. The van der Waals surface area contributed by atoms with Crippen LogP contribution in [0.2, 0.25) is 0 Å². The van der Waals surface area contributed by atoms with E-state index in [1.54, 1.807) is 0 Å². The van der Waals surface area contributed by atoms with Gasteiger partial charge in [0.05, 0.1) is 19.1 Å². The van der Waals surface area contributed by atoms with E-state index in [4.69, 9.17) is 9.47 Å². The maximum Gasteiger partial charge on any atom is 0.226 e. The van der Waals surface area contributed by atoms with Crippen LogP contribution < -0.4 is 10.6 Å². The number of anilines is 3. The molecule has 1 saturated heterocycles. The molecule has 2 N–H and O–H groups in total. The lowest BCUT2D eigenvalue weighted by atomic mass is 10.1. The summed E-state index contributed by atoms with van der Waals surface area (Å²) in [5.41, 5.74) is 2.72. The minimum atomic E-state index is -0.0380. The minimum absolute atomic E-state index is 0.0380. The van der Waals surface area contributed by atoms with Gasteiger partial charge in [-0.3, -0.25) is 4.79 Å². The van der Waals surface area contributed by atoms with Crippen molar-refractivity contribution in [1.29, 1.82) is 0 Å². The van der Waals surface area contributed by atoms with Gasteiger partial charge in [0.15, 0.2) is 0 Å². The molecule has 1 heterocycles. The normalized spacial score (nSPS) is 14.9. The largest absolute Gasteiger partial charge is 0.381 e. The van der Waals surface area contributed by atoms with E-state index in [0.29, 0.717) is 13.0 Å². The number of carbonyl (C=O) groups excluding carboxylic acids is 1. The van der Waals surface area contributed by atoms with Gasteiger partial charge in [0.2, 0.25) is 5.91 Å². The predicted octanol–water partition coefficient (Wildman–Crippen LogP) is 3.95. The number of ether oxygens (including phenoxy) is 2. The topological polar surface area (TPSA) is 59.6 Å². The Labute approximate surface area is 148 Å². The molecule has 5 heteroatoms. The Balaban J connectivity index is 1.45. The van der Waals surface area contributed by atoms with E-state index in [1.807, 2.05) is 54.6 Å². The van der Waals surface area contributed by atoms with Crippen molar-refractivity contribution in [3.8, 4) is 0 Å². The van der Waals surface area contributed by atoms with Crippen LogP contribution in [0.5, 0.6) is 0 Å². The van der Waals surface area contributed by atoms with Crippen molar-refractivity contribution in [2.24, 2.45) is 0 Å². The number of carbonyl (C=O) groups is 1. The van der Waals surface area contributed by atoms with Gasteiger partial charge in [-0.25, -0.2) is 0 Å². The van der Waals surface area contributed by atoms with E-state index in [1.165, 1.54) is 0 Å². The summed E-state index contributed by atoms with van der Waals surface area (Å²) in [4.78, 5) is 12.1. The summed E-state index contributed by atoms with van der Waals surface area (Å²) in [6.45, 7) is 1.94. The molecule has 1 fully saturated rings. The number of nitrogens with one attached hydrogen (secondary N) is 2. The van der Waals surface area contributed by atoms with Gasteiger partial charge in [0, 0.05) is 30.3 Å². The standard InChI is InChI=1S/C20H24N2O3/c23-20(11-14-25-19-9-12-24-13-10-19)22-18-8-4-7-17(15-18)21-16-5-2-1-3-6-16/h1-8,15,19,21H,9-14H2,(H,22,23). The van der Waals surface area contributed by atoms with Crippen LogP contribution in [0.1, 0.15) is 19.3 Å². The Morgan fingerprint density at radius 2 is 1.72 bits per heavy atom. The van der Waals surface area contributed by atoms with Crippen molar-refractivity contribution in [2.45, 2.75) is 25.4 Å². The molecule has 3 rings (SSSR count). The molecule has 0 saturated carbocycles. The average molecular weight is 340 g/mol. The Hall–Kier alpha value is -2.37. The maximum absolute atomic E-state index is 12.1. The summed E-state index contributed by atoms with van der Waals surface area (Å²) in [6, 6.07) is 17.6. The van der Waals surface area contributed by atoms with Gasteiger partial charge < -0.3 is 20.1 Å². The third-order valence-electron chi connectivity index (χ3n) is 4.06. The summed E-state index contributed by atoms with van der Waals surface area (Å²) in [7, 11) is 0. The second kappa shape index (κ2) is 9.20. The summed E-state index contributed by atoms with van der Waals surface area (Å²) in [5, 5.41) is 6.24. The van der Waals surface area contributed by atoms with E-state index >= 15 is 0 Å². The number of hydrogen-bond acceptors (Lipinski definition) is 4. The molecule has 0 atom stereocenters. The highest BCUT2D eigenvalue weighted by Crippen LogP contribution is 2.20. The van der Waals surface area contributed by atoms with Gasteiger partial charge in [0.1, 0.15) is 0 Å². The summed E-state index contributed by atoms with van der Waals surface area (Å²) < 4.78 is 11.0. The smallest absolute Gasteiger partial charge is 0.226 e. The molecule has 5 nitrogen and oxygen atoms in total. The minimum Gasteiger partial charge on any atom is -0.381 e. The molecule has 2 aromatic rings. The van der Waals surface area contributed by atoms with Crippen molar-refractivity contribution in [2.75, 3.05) is 30.5 Å². The van der Waals surface area contributed by atoms with Crippen LogP contribution in [0.15, 0.2) is 54.6 Å². The van der Waals surface area contributed by atoms with E-state index < -0.39 is 0 Å². The van der Waals surface area contributed by atoms with Crippen molar-refractivity contribution < 1.29 is 14.3 Å². The van der Waals surface area contributed by atoms with E-state index in [0.717, 1.165) is 43.1 Å². The molecule has 132 valence electrons. The van der Waals surface area contributed by atoms with Crippen LogP contribution in [0.25, 0.3) is 0 Å². The van der Waals surface area contributed by atoms with Crippen LogP contribution in [-0.4, -0.2) is 31.8 Å². The number of rotatable bonds is 7. The zero-order valence-corrected chi connectivity index (χ0v) is 14.2. The van der Waals surface area contributed by atoms with Crippen molar-refractivity contribution in [3.05, 3.63) is 54.6 Å². The van der Waals surface area contributed by atoms with Crippen LogP contribution >= 0.6 is 0 Å². The van der Waals surface area contributed by atoms with Gasteiger partial charge >= 0.3 is 0 Å². The first-order chi connectivity index (χ1) is 12.3. The Kier molecular flexibility index (Phi) is 6.42. The molecular weight excluding hydrogens is 316 g/mol. The number of hydrogen-bond donors (Lipinski definition) is 2. The van der Waals surface area contributed by atoms with E-state index in [-0.39, 0.29) is 12.0 Å². The summed E-state index contributed by atoms with van der Waals surface area (Å²) >= 11 is 0. The Morgan fingerprint density at radius 1 is 1.00 bits per heavy atom. The second-order valence-electron chi connectivity index (χ2n) is 6.05. The molecule has 0 radical (unpaired) electrons. The lowest BCUT2D eigenvalue weighted by Crippen LogP contribution is -2.25. The van der Waals surface area contributed by atoms with Crippen LogP contribution in [0.3, 0.4) is 0 Å². The predicted molar refractivity (Wildman–Crippen MR) is 99.2 cm³/mol. The highest BCUT2D eigenvalue weighted by atomic mass is 16.5. The number of benzene rings is 2. The molecular formula is C20H24N2O3. The fourth-order valence-electron chi connectivity index (χ4n) is 2.75. The first-order valence-electron chi connectivity index (χ1n) is 8.71. The zero-order chi connectivity index (χ0) is 17.3. The highest BCUT2D eigenvalue weighted by molar-refractivity contribution is 5.91. The molecule has 2 aromatic carbocycles. The molecule has 0 aliphatic carbocycles. The lowest BCUT2D eigenvalue weighted by molar-refractivity contribution is -0.118. The van der Waals surface area contributed by atoms with Crippen LogP contribution in [0.4, 0.5) is 17.1 Å². The fraction of sp³-hybridized carbons (Fsp3) is 0.350. The number of para-hydroxylation sites is 1. The SMILES string of the molecule is O=C(CCOC1CCOCC1)Nc1cccc(Nc2ccccc2)c1. The maximum atomic E-state index is 12.1. The first kappa shape index (κ1) is 17.5. The first-order valence-corrected chi connectivity index (χ1v) is 8.71. The van der Waals surface area contributed by atoms with Crippen LogP contribution in [-0.2, 0) is 14.3 Å². The average Bonchev–Trinajstić information content (AvgIpc) is 2.64. The highest BCUT2D eigenvalue weighted by Gasteiger charge is 2.14. The van der Waals surface area contributed by atoms with Gasteiger partial charge in [-0.15, -0.1) is 0 Å². The molecule has 1 aliphatic rings. The van der Waals surface area contributed by atoms with Gasteiger partial charge in [-0.05, 0) is 43.2 Å². The molecule has 0 spiro atoms. The molecule has 1 aliphatic heterocycles. The fourth-order valence-corrected chi connectivity index (χ4v) is 2.75. The Bertz CT molecular complexity index is 670. The molecule has 1 amide bonds. The van der Waals surface area contributed by atoms with Crippen molar-refractivity contribution in [3.63, 3.8) is 0 Å². The monoisotopic (exact) mass is 340 g/mol.